The Labute approximate surface area is 151 Å². The number of anilines is 2. The summed E-state index contributed by atoms with van der Waals surface area (Å²) < 4.78 is 5.75. The Kier molecular flexibility index (Phi) is 5.94. The third-order valence-corrected chi connectivity index (χ3v) is 4.36. The Hall–Kier alpha value is -1.95. The third kappa shape index (κ3) is 3.93. The van der Waals surface area contributed by atoms with Gasteiger partial charge in [0.1, 0.15) is 0 Å². The van der Waals surface area contributed by atoms with Crippen LogP contribution in [-0.4, -0.2) is 29.6 Å². The van der Waals surface area contributed by atoms with Gasteiger partial charge in [-0.05, 0) is 59.5 Å². The molecule has 5 nitrogen and oxygen atoms in total. The van der Waals surface area contributed by atoms with Crippen LogP contribution in [0, 0.1) is 6.92 Å². The van der Waals surface area contributed by atoms with E-state index in [1.807, 2.05) is 24.8 Å². The number of hydrogen-bond donors (Lipinski definition) is 0. The van der Waals surface area contributed by atoms with Gasteiger partial charge in [0.15, 0.2) is 5.69 Å². The molecule has 0 aliphatic rings. The number of benzene rings is 1. The van der Waals surface area contributed by atoms with Gasteiger partial charge in [-0.2, -0.15) is 0 Å². The van der Waals surface area contributed by atoms with Gasteiger partial charge in [-0.3, -0.25) is 0 Å². The van der Waals surface area contributed by atoms with Crippen LogP contribution in [0.1, 0.15) is 48.4 Å². The lowest BCUT2D eigenvalue weighted by molar-refractivity contribution is 0.0594. The first-order valence-corrected chi connectivity index (χ1v) is 8.67. The van der Waals surface area contributed by atoms with Crippen molar-refractivity contribution in [1.82, 2.24) is 9.97 Å². The van der Waals surface area contributed by atoms with E-state index in [1.165, 1.54) is 12.7 Å². The average Bonchev–Trinajstić information content (AvgIpc) is 2.55. The van der Waals surface area contributed by atoms with Crippen LogP contribution in [0.4, 0.5) is 11.6 Å². The summed E-state index contributed by atoms with van der Waals surface area (Å²) in [5.74, 6) is 0.467. The first-order chi connectivity index (χ1) is 11.4. The zero-order valence-electron chi connectivity index (χ0n) is 14.6. The maximum absolute atomic E-state index is 11.8. The minimum absolute atomic E-state index is 0.258. The molecule has 0 saturated carbocycles. The van der Waals surface area contributed by atoms with Crippen LogP contribution in [0.3, 0.4) is 0 Å². The molecule has 0 amide bonds. The Morgan fingerprint density at radius 1 is 1.29 bits per heavy atom. The van der Waals surface area contributed by atoms with Crippen molar-refractivity contribution < 1.29 is 9.53 Å². The van der Waals surface area contributed by atoms with Crippen LogP contribution in [0.15, 0.2) is 28.7 Å². The smallest absolute Gasteiger partial charge is 0.356 e. The minimum Gasteiger partial charge on any atom is -0.464 e. The number of nitrogens with zero attached hydrogens (tertiary/aromatic N) is 3. The summed E-state index contributed by atoms with van der Waals surface area (Å²) >= 11 is 3.64. The van der Waals surface area contributed by atoms with Gasteiger partial charge in [0, 0.05) is 16.7 Å². The number of carbonyl (C=O) groups excluding carboxylic acids is 1. The lowest BCUT2D eigenvalue weighted by Crippen LogP contribution is -2.21. The molecule has 0 unspecified atom stereocenters. The largest absolute Gasteiger partial charge is 0.464 e. The molecule has 6 heteroatoms. The molecule has 0 bridgehead atoms. The van der Waals surface area contributed by atoms with Crippen molar-refractivity contribution in [3.05, 3.63) is 45.7 Å². The van der Waals surface area contributed by atoms with E-state index < -0.39 is 5.97 Å². The second kappa shape index (κ2) is 7.75. The van der Waals surface area contributed by atoms with E-state index in [2.05, 4.69) is 51.9 Å². The normalized spacial score (nSPS) is 10.8. The first kappa shape index (κ1) is 18.4. The molecule has 0 N–H and O–H groups in total. The van der Waals surface area contributed by atoms with E-state index in [0.717, 1.165) is 10.2 Å². The van der Waals surface area contributed by atoms with Crippen molar-refractivity contribution in [3.8, 4) is 0 Å². The molecule has 1 heterocycles. The van der Waals surface area contributed by atoms with E-state index >= 15 is 0 Å². The fourth-order valence-corrected chi connectivity index (χ4v) is 3.01. The van der Waals surface area contributed by atoms with E-state index in [-0.39, 0.29) is 5.69 Å². The maximum Gasteiger partial charge on any atom is 0.356 e. The van der Waals surface area contributed by atoms with E-state index in [0.29, 0.717) is 24.1 Å². The van der Waals surface area contributed by atoms with Crippen molar-refractivity contribution in [2.24, 2.45) is 0 Å². The summed E-state index contributed by atoms with van der Waals surface area (Å²) in [7, 11) is 1.35. The van der Waals surface area contributed by atoms with Crippen molar-refractivity contribution in [2.45, 2.75) is 33.6 Å². The minimum atomic E-state index is -0.466. The molecule has 1 aromatic carbocycles. The SMILES string of the molecule is CCN(c1nc(C)cc(C(=O)OC)n1)c1ccc(C(C)C)cc1Br. The molecule has 0 fully saturated rings. The highest BCUT2D eigenvalue weighted by atomic mass is 79.9. The van der Waals surface area contributed by atoms with Gasteiger partial charge in [-0.1, -0.05) is 19.9 Å². The summed E-state index contributed by atoms with van der Waals surface area (Å²) in [5, 5.41) is 0. The monoisotopic (exact) mass is 391 g/mol. The molecule has 128 valence electrons. The molecule has 0 aliphatic heterocycles. The number of hydrogen-bond acceptors (Lipinski definition) is 5. The van der Waals surface area contributed by atoms with E-state index in [1.54, 1.807) is 6.07 Å². The van der Waals surface area contributed by atoms with E-state index in [9.17, 15) is 4.79 Å². The zero-order chi connectivity index (χ0) is 17.9. The summed E-state index contributed by atoms with van der Waals surface area (Å²) in [6.45, 7) is 8.84. The number of ether oxygens (including phenoxy) is 1. The third-order valence-electron chi connectivity index (χ3n) is 3.72. The molecule has 0 spiro atoms. The number of carbonyl (C=O) groups is 1. The highest BCUT2D eigenvalue weighted by molar-refractivity contribution is 9.10. The molecular weight excluding hydrogens is 370 g/mol. The second-order valence-corrected chi connectivity index (χ2v) is 6.65. The van der Waals surface area contributed by atoms with Crippen LogP contribution in [0.2, 0.25) is 0 Å². The van der Waals surface area contributed by atoms with Crippen LogP contribution in [0.5, 0.6) is 0 Å². The maximum atomic E-state index is 11.8. The summed E-state index contributed by atoms with van der Waals surface area (Å²) in [4.78, 5) is 22.6. The van der Waals surface area contributed by atoms with Gasteiger partial charge in [0.2, 0.25) is 5.95 Å². The Bertz CT molecular complexity index is 747. The van der Waals surface area contributed by atoms with Gasteiger partial charge in [0.25, 0.3) is 0 Å². The molecule has 0 radical (unpaired) electrons. The summed E-state index contributed by atoms with van der Waals surface area (Å²) in [6, 6.07) is 7.89. The number of aromatic nitrogens is 2. The van der Waals surface area contributed by atoms with Crippen molar-refractivity contribution in [2.75, 3.05) is 18.6 Å². The van der Waals surface area contributed by atoms with E-state index in [4.69, 9.17) is 4.74 Å². The molecular formula is C18H22BrN3O2. The standard InChI is InChI=1S/C18H22BrN3O2/c1-6-22(16-8-7-13(11(2)3)10-14(16)19)18-20-12(4)9-15(21-18)17(23)24-5/h7-11H,6H2,1-5H3. The number of methoxy groups -OCH3 is 1. The van der Waals surface area contributed by atoms with Gasteiger partial charge >= 0.3 is 5.97 Å². The summed E-state index contributed by atoms with van der Waals surface area (Å²) in [6.07, 6.45) is 0. The highest BCUT2D eigenvalue weighted by Gasteiger charge is 2.18. The predicted molar refractivity (Wildman–Crippen MR) is 99.0 cm³/mol. The molecule has 2 aromatic rings. The molecule has 0 atom stereocenters. The van der Waals surface area contributed by atoms with Gasteiger partial charge in [-0.15, -0.1) is 0 Å². The van der Waals surface area contributed by atoms with Crippen molar-refractivity contribution >= 4 is 33.5 Å². The average molecular weight is 392 g/mol. The number of esters is 1. The van der Waals surface area contributed by atoms with Gasteiger partial charge in [-0.25, -0.2) is 14.8 Å². The Morgan fingerprint density at radius 3 is 2.54 bits per heavy atom. The van der Waals surface area contributed by atoms with Crippen LogP contribution >= 0.6 is 15.9 Å². The number of halogens is 1. The van der Waals surface area contributed by atoms with Gasteiger partial charge in [0.05, 0.1) is 12.8 Å². The second-order valence-electron chi connectivity index (χ2n) is 5.80. The fourth-order valence-electron chi connectivity index (χ4n) is 2.40. The molecule has 2 rings (SSSR count). The molecule has 1 aromatic heterocycles. The lowest BCUT2D eigenvalue weighted by atomic mass is 10.0. The van der Waals surface area contributed by atoms with Crippen molar-refractivity contribution in [3.63, 3.8) is 0 Å². The quantitative estimate of drug-likeness (QED) is 0.696. The Morgan fingerprint density at radius 2 is 2.00 bits per heavy atom. The topological polar surface area (TPSA) is 55.3 Å². The first-order valence-electron chi connectivity index (χ1n) is 7.88. The van der Waals surface area contributed by atoms with Crippen LogP contribution < -0.4 is 4.90 Å². The number of aryl methyl sites for hydroxylation is 1. The van der Waals surface area contributed by atoms with Gasteiger partial charge < -0.3 is 9.64 Å². The van der Waals surface area contributed by atoms with Crippen LogP contribution in [-0.2, 0) is 4.74 Å². The zero-order valence-corrected chi connectivity index (χ0v) is 16.2. The Balaban J connectivity index is 2.49. The molecule has 0 aliphatic carbocycles. The fraction of sp³-hybridized carbons (Fsp3) is 0.389. The molecule has 0 saturated heterocycles. The lowest BCUT2D eigenvalue weighted by Gasteiger charge is -2.23. The van der Waals surface area contributed by atoms with Crippen molar-refractivity contribution in [1.29, 1.82) is 0 Å². The number of rotatable bonds is 5. The molecule has 24 heavy (non-hydrogen) atoms. The predicted octanol–water partition coefficient (Wildman–Crippen LogP) is 4.62. The van der Waals surface area contributed by atoms with Crippen LogP contribution in [0.25, 0.3) is 0 Å². The summed E-state index contributed by atoms with van der Waals surface area (Å²) in [5.41, 5.74) is 3.19. The highest BCUT2D eigenvalue weighted by Crippen LogP contribution is 2.33.